The summed E-state index contributed by atoms with van der Waals surface area (Å²) in [5.41, 5.74) is 7.52. The van der Waals surface area contributed by atoms with E-state index in [0.29, 0.717) is 16.7 Å². The summed E-state index contributed by atoms with van der Waals surface area (Å²) in [5, 5.41) is 33.1. The second-order valence-corrected chi connectivity index (χ2v) is 9.15. The monoisotopic (exact) mass is 484 g/mol. The molecule has 2 heterocycles. The molecule has 0 aliphatic heterocycles. The Kier molecular flexibility index (Phi) is 4.57. The van der Waals surface area contributed by atoms with Gasteiger partial charge in [-0.15, -0.1) is 0 Å². The van der Waals surface area contributed by atoms with E-state index in [4.69, 9.17) is 4.42 Å². The number of hydrogen-bond donors (Lipinski definition) is 0. The maximum absolute atomic E-state index is 10.2. The van der Waals surface area contributed by atoms with Gasteiger partial charge < -0.3 is 8.98 Å². The highest BCUT2D eigenvalue weighted by Crippen LogP contribution is 2.40. The van der Waals surface area contributed by atoms with Crippen LogP contribution in [0.15, 0.2) is 101 Å². The van der Waals surface area contributed by atoms with Crippen LogP contribution in [0.25, 0.3) is 60.6 Å². The molecule has 5 aromatic carbocycles. The molecule has 0 amide bonds. The second kappa shape index (κ2) is 8.10. The van der Waals surface area contributed by atoms with Crippen molar-refractivity contribution in [3.8, 4) is 35.0 Å². The minimum absolute atomic E-state index is 0.521. The molecule has 0 spiro atoms. The fourth-order valence-electron chi connectivity index (χ4n) is 5.40. The third-order valence-corrected chi connectivity index (χ3v) is 7.09. The summed E-state index contributed by atoms with van der Waals surface area (Å²) in [6, 6.07) is 37.6. The molecule has 174 valence electrons. The predicted molar refractivity (Wildman–Crippen MR) is 148 cm³/mol. The number of nitriles is 3. The molecule has 7 aromatic rings. The molecule has 0 aliphatic carbocycles. The van der Waals surface area contributed by atoms with Crippen molar-refractivity contribution in [2.24, 2.45) is 0 Å². The van der Waals surface area contributed by atoms with Crippen molar-refractivity contribution in [3.63, 3.8) is 0 Å². The highest BCUT2D eigenvalue weighted by atomic mass is 16.3. The molecule has 38 heavy (non-hydrogen) atoms. The van der Waals surface area contributed by atoms with E-state index in [1.54, 1.807) is 12.1 Å². The van der Waals surface area contributed by atoms with Crippen molar-refractivity contribution in [1.29, 1.82) is 15.8 Å². The molecule has 5 heteroatoms. The zero-order chi connectivity index (χ0) is 25.8. The van der Waals surface area contributed by atoms with E-state index in [0.717, 1.165) is 60.6 Å². The number of nitrogens with zero attached hydrogens (tertiary/aromatic N) is 4. The first kappa shape index (κ1) is 21.5. The van der Waals surface area contributed by atoms with Crippen LogP contribution in [0.5, 0.6) is 0 Å². The molecule has 7 rings (SSSR count). The quantitative estimate of drug-likeness (QED) is 0.249. The number of aromatic nitrogens is 1. The molecule has 0 bridgehead atoms. The first-order valence-electron chi connectivity index (χ1n) is 12.0. The number of rotatable bonds is 2. The second-order valence-electron chi connectivity index (χ2n) is 9.15. The lowest BCUT2D eigenvalue weighted by molar-refractivity contribution is 0.669. The van der Waals surface area contributed by atoms with Gasteiger partial charge in [-0.25, -0.2) is 0 Å². The van der Waals surface area contributed by atoms with Crippen LogP contribution in [-0.4, -0.2) is 4.57 Å². The van der Waals surface area contributed by atoms with Crippen molar-refractivity contribution in [2.75, 3.05) is 0 Å². The van der Waals surface area contributed by atoms with Crippen LogP contribution >= 0.6 is 0 Å². The lowest BCUT2D eigenvalue weighted by Crippen LogP contribution is -2.01. The van der Waals surface area contributed by atoms with E-state index < -0.39 is 0 Å². The Morgan fingerprint density at radius 1 is 0.553 bits per heavy atom. The van der Waals surface area contributed by atoms with Gasteiger partial charge in [-0.1, -0.05) is 36.4 Å². The first-order valence-corrected chi connectivity index (χ1v) is 12.0. The van der Waals surface area contributed by atoms with Crippen LogP contribution in [0, 0.1) is 34.0 Å². The average molecular weight is 485 g/mol. The van der Waals surface area contributed by atoms with Crippen LogP contribution in [0.4, 0.5) is 0 Å². The predicted octanol–water partition coefficient (Wildman–Crippen LogP) is 7.97. The Balaban J connectivity index is 1.60. The smallest absolute Gasteiger partial charge is 0.135 e. The molecular formula is C33H16N4O. The van der Waals surface area contributed by atoms with Crippen molar-refractivity contribution in [1.82, 2.24) is 4.57 Å². The standard InChI is InChI=1S/C33H16N4O/c34-17-20-8-11-29-26(14-20)27-15-21(18-35)9-12-30(27)37(29)33-23(19-36)4-3-6-24(33)22-10-13-32-28(16-22)25-5-1-2-7-31(25)38-32/h1-16H. The summed E-state index contributed by atoms with van der Waals surface area (Å²) in [7, 11) is 0. The van der Waals surface area contributed by atoms with Crippen LogP contribution in [0.3, 0.4) is 0 Å². The highest BCUT2D eigenvalue weighted by Gasteiger charge is 2.20. The minimum Gasteiger partial charge on any atom is -0.456 e. The van der Waals surface area contributed by atoms with E-state index in [2.05, 4.69) is 28.8 Å². The van der Waals surface area contributed by atoms with Gasteiger partial charge in [0.25, 0.3) is 0 Å². The molecule has 0 atom stereocenters. The fraction of sp³-hybridized carbons (Fsp3) is 0. The number of hydrogen-bond acceptors (Lipinski definition) is 4. The average Bonchev–Trinajstić information content (AvgIpc) is 3.50. The summed E-state index contributed by atoms with van der Waals surface area (Å²) in [4.78, 5) is 0. The van der Waals surface area contributed by atoms with Gasteiger partial charge in [-0.3, -0.25) is 0 Å². The third-order valence-electron chi connectivity index (χ3n) is 7.09. The third kappa shape index (κ3) is 3.02. The SMILES string of the molecule is N#Cc1ccc2c(c1)c1cc(C#N)ccc1n2-c1c(C#N)cccc1-c1ccc2oc3ccccc3c2c1. The van der Waals surface area contributed by atoms with Gasteiger partial charge in [0.15, 0.2) is 0 Å². The Hall–Kier alpha value is -5.83. The van der Waals surface area contributed by atoms with Crippen molar-refractivity contribution in [3.05, 3.63) is 114 Å². The number of benzene rings is 5. The molecule has 2 aromatic heterocycles. The summed E-state index contributed by atoms with van der Waals surface area (Å²) in [6.45, 7) is 0. The van der Waals surface area contributed by atoms with Gasteiger partial charge in [0.2, 0.25) is 0 Å². The number of fused-ring (bicyclic) bond motifs is 6. The van der Waals surface area contributed by atoms with Gasteiger partial charge in [0, 0.05) is 27.1 Å². The van der Waals surface area contributed by atoms with Crippen molar-refractivity contribution < 1.29 is 4.42 Å². The maximum atomic E-state index is 10.2. The van der Waals surface area contributed by atoms with Crippen molar-refractivity contribution in [2.45, 2.75) is 0 Å². The summed E-state index contributed by atoms with van der Waals surface area (Å²) >= 11 is 0. The lowest BCUT2D eigenvalue weighted by Gasteiger charge is -2.16. The van der Waals surface area contributed by atoms with E-state index in [1.807, 2.05) is 78.9 Å². The van der Waals surface area contributed by atoms with Crippen LogP contribution in [0.1, 0.15) is 16.7 Å². The lowest BCUT2D eigenvalue weighted by atomic mass is 9.98. The van der Waals surface area contributed by atoms with Gasteiger partial charge >= 0.3 is 0 Å². The molecule has 0 N–H and O–H groups in total. The molecular weight excluding hydrogens is 468 g/mol. The van der Waals surface area contributed by atoms with Crippen molar-refractivity contribution >= 4 is 43.7 Å². The summed E-state index contributed by atoms with van der Waals surface area (Å²) in [5.74, 6) is 0. The summed E-state index contributed by atoms with van der Waals surface area (Å²) in [6.07, 6.45) is 0. The van der Waals surface area contributed by atoms with Gasteiger partial charge in [0.1, 0.15) is 17.2 Å². The minimum atomic E-state index is 0.521. The molecule has 0 saturated carbocycles. The molecule has 0 radical (unpaired) electrons. The Morgan fingerprint density at radius 3 is 1.92 bits per heavy atom. The highest BCUT2D eigenvalue weighted by molar-refractivity contribution is 6.11. The van der Waals surface area contributed by atoms with Gasteiger partial charge in [-0.05, 0) is 66.2 Å². The largest absolute Gasteiger partial charge is 0.456 e. The Morgan fingerprint density at radius 2 is 1.24 bits per heavy atom. The van der Waals surface area contributed by atoms with E-state index in [-0.39, 0.29) is 0 Å². The molecule has 5 nitrogen and oxygen atoms in total. The van der Waals surface area contributed by atoms with E-state index in [9.17, 15) is 15.8 Å². The zero-order valence-electron chi connectivity index (χ0n) is 19.9. The molecule has 0 fully saturated rings. The number of furan rings is 1. The van der Waals surface area contributed by atoms with Crippen LogP contribution < -0.4 is 0 Å². The molecule has 0 saturated heterocycles. The summed E-state index contributed by atoms with van der Waals surface area (Å²) < 4.78 is 8.11. The molecule has 0 aliphatic rings. The maximum Gasteiger partial charge on any atom is 0.135 e. The first-order chi connectivity index (χ1) is 18.7. The number of para-hydroxylation sites is 2. The van der Waals surface area contributed by atoms with E-state index in [1.165, 1.54) is 0 Å². The van der Waals surface area contributed by atoms with Crippen LogP contribution in [0.2, 0.25) is 0 Å². The Labute approximate surface area is 217 Å². The normalized spacial score (nSPS) is 11.1. The van der Waals surface area contributed by atoms with Gasteiger partial charge in [0.05, 0.1) is 45.5 Å². The molecule has 0 unspecified atom stereocenters. The Bertz CT molecular complexity index is 2160. The fourth-order valence-corrected chi connectivity index (χ4v) is 5.40. The zero-order valence-corrected chi connectivity index (χ0v) is 19.9. The van der Waals surface area contributed by atoms with Crippen LogP contribution in [-0.2, 0) is 0 Å². The van der Waals surface area contributed by atoms with Gasteiger partial charge in [-0.2, -0.15) is 15.8 Å². The van der Waals surface area contributed by atoms with E-state index >= 15 is 0 Å². The topological polar surface area (TPSA) is 89.4 Å².